The van der Waals surface area contributed by atoms with Crippen molar-refractivity contribution in [1.82, 2.24) is 0 Å². The van der Waals surface area contributed by atoms with Crippen LogP contribution in [0.4, 0.5) is 34.1 Å². The van der Waals surface area contributed by atoms with Crippen molar-refractivity contribution in [2.75, 3.05) is 9.80 Å². The lowest BCUT2D eigenvalue weighted by Gasteiger charge is -2.36. The van der Waals surface area contributed by atoms with Crippen LogP contribution in [-0.2, 0) is 10.8 Å². The number of nitrogens with zero attached hydrogens (tertiary/aromatic N) is 2. The van der Waals surface area contributed by atoms with Gasteiger partial charge in [-0.15, -0.1) is 0 Å². The Morgan fingerprint density at radius 1 is 0.321 bits per heavy atom. The first kappa shape index (κ1) is 46.5. The molecular weight excluding hydrogens is 1000 g/mol. The summed E-state index contributed by atoms with van der Waals surface area (Å²) in [7, 11) is -2.40. The second kappa shape index (κ2) is 16.3. The Labute approximate surface area is 471 Å². The molecule has 0 saturated heterocycles. The first-order valence-electron chi connectivity index (χ1n) is 28.5. The van der Waals surface area contributed by atoms with Crippen molar-refractivity contribution in [3.63, 3.8) is 0 Å². The van der Waals surface area contributed by atoms with Gasteiger partial charge in [0.05, 0.1) is 11.4 Å². The van der Waals surface area contributed by atoms with Gasteiger partial charge in [0.2, 0.25) is 0 Å². The van der Waals surface area contributed by atoms with E-state index >= 15 is 0 Å². The average molecular weight is 1060 g/mol. The van der Waals surface area contributed by atoms with E-state index < -0.39 is 8.07 Å². The van der Waals surface area contributed by atoms with Crippen LogP contribution in [0.5, 0.6) is 0 Å². The molecule has 0 radical (unpaired) electrons. The zero-order chi connectivity index (χ0) is 54.3. The fraction of sp³-hybridized carbons (Fsp3) is 0.105. The van der Waals surface area contributed by atoms with Crippen LogP contribution >= 0.6 is 0 Å². The summed E-state index contributed by atoms with van der Waals surface area (Å²) < 4.78 is 13.7. The second-order valence-corrected chi connectivity index (χ2v) is 28.7. The summed E-state index contributed by atoms with van der Waals surface area (Å²) in [6, 6.07) is 86.0. The molecule has 386 valence electrons. The third-order valence-electron chi connectivity index (χ3n) is 19.0. The van der Waals surface area contributed by atoms with E-state index in [0.717, 1.165) is 78.0 Å². The van der Waals surface area contributed by atoms with E-state index in [1.807, 2.05) is 0 Å². The van der Waals surface area contributed by atoms with Crippen LogP contribution in [0.15, 0.2) is 239 Å². The normalized spacial score (nSPS) is 14.8. The van der Waals surface area contributed by atoms with Crippen LogP contribution in [0, 0.1) is 0 Å². The highest BCUT2D eigenvalue weighted by Crippen LogP contribution is 2.54. The van der Waals surface area contributed by atoms with Crippen molar-refractivity contribution < 1.29 is 8.83 Å². The monoisotopic (exact) mass is 1060 g/mol. The number of furan rings is 2. The van der Waals surface area contributed by atoms with Gasteiger partial charge in [-0.3, -0.25) is 0 Å². The number of hydrogen-bond donors (Lipinski definition) is 0. The van der Waals surface area contributed by atoms with Gasteiger partial charge in [0.15, 0.2) is 11.2 Å². The minimum Gasteiger partial charge on any atom is -0.454 e. The van der Waals surface area contributed by atoms with Gasteiger partial charge in [-0.2, -0.15) is 0 Å². The number of anilines is 6. The molecule has 0 fully saturated rings. The summed E-state index contributed by atoms with van der Waals surface area (Å²) >= 11 is 0. The average Bonchev–Trinajstić information content (AvgIpc) is 3.96. The highest BCUT2D eigenvalue weighted by Gasteiger charge is 2.40. The van der Waals surface area contributed by atoms with Crippen molar-refractivity contribution in [2.45, 2.75) is 51.6 Å². The Hall–Kier alpha value is -9.42. The number of fused-ring (bicyclic) bond motifs is 16. The number of benzene rings is 12. The maximum absolute atomic E-state index is 6.87. The highest BCUT2D eigenvalue weighted by atomic mass is 28.3. The van der Waals surface area contributed by atoms with E-state index in [0.29, 0.717) is 0 Å². The summed E-state index contributed by atoms with van der Waals surface area (Å²) in [5, 5.41) is 12.4. The molecular formula is C76H56N2O2Si. The molecule has 0 bridgehead atoms. The summed E-state index contributed by atoms with van der Waals surface area (Å²) in [6.45, 7) is 14.6. The van der Waals surface area contributed by atoms with Crippen molar-refractivity contribution in [2.24, 2.45) is 0 Å². The first-order chi connectivity index (χ1) is 39.4. The van der Waals surface area contributed by atoms with Gasteiger partial charge >= 0.3 is 0 Å². The van der Waals surface area contributed by atoms with Crippen LogP contribution in [0.2, 0.25) is 13.1 Å². The topological polar surface area (TPSA) is 32.8 Å². The fourth-order valence-electron chi connectivity index (χ4n) is 15.0. The van der Waals surface area contributed by atoms with E-state index in [1.54, 1.807) is 0 Å². The molecule has 1 aliphatic heterocycles. The van der Waals surface area contributed by atoms with Gasteiger partial charge in [0.25, 0.3) is 0 Å². The molecule has 0 amide bonds. The summed E-state index contributed by atoms with van der Waals surface area (Å²) in [5.41, 5.74) is 22.9. The first-order valence-corrected chi connectivity index (χ1v) is 31.5. The van der Waals surface area contributed by atoms with Crippen LogP contribution in [-0.4, -0.2) is 8.07 Å². The van der Waals surface area contributed by atoms with Crippen LogP contribution in [0.25, 0.3) is 98.8 Å². The summed E-state index contributed by atoms with van der Waals surface area (Å²) in [4.78, 5) is 4.90. The van der Waals surface area contributed by atoms with Crippen molar-refractivity contribution in [3.05, 3.63) is 253 Å². The predicted molar refractivity (Wildman–Crippen MR) is 343 cm³/mol. The molecule has 17 rings (SSSR count). The Morgan fingerprint density at radius 2 is 0.765 bits per heavy atom. The lowest BCUT2D eigenvalue weighted by Crippen LogP contribution is -2.56. The lowest BCUT2D eigenvalue weighted by atomic mass is 9.82. The van der Waals surface area contributed by atoms with Gasteiger partial charge in [-0.1, -0.05) is 192 Å². The third kappa shape index (κ3) is 6.35. The highest BCUT2D eigenvalue weighted by molar-refractivity contribution is 7.03. The molecule has 12 aromatic carbocycles. The van der Waals surface area contributed by atoms with Crippen molar-refractivity contribution in [1.29, 1.82) is 0 Å². The molecule has 2 aliphatic carbocycles. The van der Waals surface area contributed by atoms with Gasteiger partial charge in [-0.25, -0.2) is 0 Å². The Kier molecular flexibility index (Phi) is 9.38. The smallest absolute Gasteiger partial charge is 0.159 e. The Morgan fingerprint density at radius 3 is 1.35 bits per heavy atom. The van der Waals surface area contributed by atoms with Gasteiger partial charge in [-0.05, 0) is 166 Å². The van der Waals surface area contributed by atoms with E-state index in [-0.39, 0.29) is 10.8 Å². The largest absolute Gasteiger partial charge is 0.454 e. The number of rotatable bonds is 6. The fourth-order valence-corrected chi connectivity index (χ4v) is 18.1. The molecule has 4 nitrogen and oxygen atoms in total. The maximum Gasteiger partial charge on any atom is 0.159 e. The van der Waals surface area contributed by atoms with Crippen LogP contribution in [0.1, 0.15) is 49.9 Å². The lowest BCUT2D eigenvalue weighted by molar-refractivity contribution is 0.660. The SMILES string of the molecule is CC1(C)c2ccccc2-c2ccc(N(c3ccc4c(c3)[Si](C)(C)c3cccc5c3c-4cc3ccc(N(c4ccc6c(c4)C(C)(C)c4ccccc4-6)c4cccc6c4oc4ccccc46)cc35)c3cccc4c3oc3ccccc34)cc21. The molecule has 0 unspecified atom stereocenters. The van der Waals surface area contributed by atoms with E-state index in [1.165, 1.54) is 87.6 Å². The molecule has 3 aliphatic rings. The van der Waals surface area contributed by atoms with E-state index in [9.17, 15) is 0 Å². The molecule has 2 aromatic heterocycles. The van der Waals surface area contributed by atoms with Crippen molar-refractivity contribution in [3.8, 4) is 33.4 Å². The molecule has 0 spiro atoms. The molecule has 0 saturated carbocycles. The van der Waals surface area contributed by atoms with Crippen LogP contribution < -0.4 is 20.2 Å². The maximum atomic E-state index is 6.87. The molecule has 81 heavy (non-hydrogen) atoms. The second-order valence-electron chi connectivity index (χ2n) is 24.4. The zero-order valence-corrected chi connectivity index (χ0v) is 47.2. The minimum absolute atomic E-state index is 0.164. The number of para-hydroxylation sites is 4. The number of hydrogen-bond acceptors (Lipinski definition) is 4. The standard InChI is InChI=1S/C76H56N2O2Si/c1-75(2)62-25-11-7-18-50(62)52-37-34-47(42-64(52)75)77(66-27-15-23-58-54-20-9-13-29-68(54)79-73(58)66)46-33-32-45-40-61-56-39-36-49(44-71(56)81(5,6)70-31-17-22-57(72(61)70)60(45)41-46)78(67-28-16-24-59-55-21-10-14-30-69(55)80-74(59)67)48-35-38-53-51-19-8-12-26-63(51)76(3,4)65(53)43-48/h7-44H,1-6H3. The molecule has 0 N–H and O–H groups in total. The van der Waals surface area contributed by atoms with Gasteiger partial charge in [0, 0.05) is 55.1 Å². The van der Waals surface area contributed by atoms with Crippen LogP contribution in [0.3, 0.4) is 0 Å². The van der Waals surface area contributed by atoms with Crippen molar-refractivity contribution >= 4 is 118 Å². The zero-order valence-electron chi connectivity index (χ0n) is 46.2. The third-order valence-corrected chi connectivity index (χ3v) is 22.5. The molecule has 14 aromatic rings. The summed E-state index contributed by atoms with van der Waals surface area (Å²) in [6.07, 6.45) is 0. The Balaban J connectivity index is 0.850. The molecule has 0 atom stereocenters. The molecule has 3 heterocycles. The predicted octanol–water partition coefficient (Wildman–Crippen LogP) is 20.1. The quantitative estimate of drug-likeness (QED) is 0.123. The summed E-state index contributed by atoms with van der Waals surface area (Å²) in [5.74, 6) is 0. The van der Waals surface area contributed by atoms with E-state index in [4.69, 9.17) is 8.83 Å². The minimum atomic E-state index is -2.40. The van der Waals surface area contributed by atoms with E-state index in [2.05, 4.69) is 281 Å². The Bertz CT molecular complexity index is 5070. The molecule has 5 heteroatoms. The van der Waals surface area contributed by atoms with Gasteiger partial charge < -0.3 is 18.6 Å². The van der Waals surface area contributed by atoms with Gasteiger partial charge in [0.1, 0.15) is 19.2 Å².